The van der Waals surface area contributed by atoms with Gasteiger partial charge < -0.3 is 15.4 Å². The second-order valence-corrected chi connectivity index (χ2v) is 6.07. The molecule has 21 heavy (non-hydrogen) atoms. The molecule has 2 rings (SSSR count). The summed E-state index contributed by atoms with van der Waals surface area (Å²) in [6.45, 7) is 7.65. The summed E-state index contributed by atoms with van der Waals surface area (Å²) in [6, 6.07) is 6.89. The van der Waals surface area contributed by atoms with Gasteiger partial charge >= 0.3 is 0 Å². The highest BCUT2D eigenvalue weighted by atomic mass is 16.5. The van der Waals surface area contributed by atoms with E-state index in [0.717, 1.165) is 25.1 Å². The summed E-state index contributed by atoms with van der Waals surface area (Å²) in [4.78, 5) is 11.9. The molecule has 0 saturated carbocycles. The quantitative estimate of drug-likeness (QED) is 0.875. The molecule has 4 heteroatoms. The minimum Gasteiger partial charge on any atom is -0.493 e. The molecule has 1 saturated heterocycles. The minimum atomic E-state index is 0.0819. The predicted molar refractivity (Wildman–Crippen MR) is 84.7 cm³/mol. The van der Waals surface area contributed by atoms with E-state index in [4.69, 9.17) is 4.74 Å². The lowest BCUT2D eigenvalue weighted by molar-refractivity contribution is -0.122. The molecular formula is C17H26N2O2. The number of benzene rings is 1. The third-order valence-electron chi connectivity index (χ3n) is 3.78. The standard InChI is InChI=1S/C17H26N2O2/c1-12-8-13(2)10-16(9-12)21-7-5-17(20)19-15-4-6-18-14(3)11-15/h8-10,14-15,18H,4-7,11H2,1-3H3,(H,19,20). The Labute approximate surface area is 127 Å². The van der Waals surface area contributed by atoms with E-state index in [1.807, 2.05) is 26.0 Å². The fraction of sp³-hybridized carbons (Fsp3) is 0.588. The summed E-state index contributed by atoms with van der Waals surface area (Å²) in [7, 11) is 0. The normalized spacial score (nSPS) is 21.9. The number of rotatable bonds is 5. The Morgan fingerprint density at radius 3 is 2.71 bits per heavy atom. The van der Waals surface area contributed by atoms with Gasteiger partial charge in [0.25, 0.3) is 0 Å². The van der Waals surface area contributed by atoms with Crippen molar-refractivity contribution in [2.75, 3.05) is 13.2 Å². The number of hydrogen-bond donors (Lipinski definition) is 2. The van der Waals surface area contributed by atoms with Crippen molar-refractivity contribution < 1.29 is 9.53 Å². The number of piperidine rings is 1. The Hall–Kier alpha value is -1.55. The van der Waals surface area contributed by atoms with Gasteiger partial charge in [-0.25, -0.2) is 0 Å². The molecule has 1 fully saturated rings. The maximum atomic E-state index is 11.9. The average molecular weight is 290 g/mol. The van der Waals surface area contributed by atoms with Crippen LogP contribution in [0.4, 0.5) is 0 Å². The topological polar surface area (TPSA) is 50.4 Å². The van der Waals surface area contributed by atoms with Crippen molar-refractivity contribution in [1.82, 2.24) is 10.6 Å². The van der Waals surface area contributed by atoms with Crippen LogP contribution < -0.4 is 15.4 Å². The molecule has 4 nitrogen and oxygen atoms in total. The largest absolute Gasteiger partial charge is 0.493 e. The number of carbonyl (C=O) groups is 1. The maximum Gasteiger partial charge on any atom is 0.223 e. The summed E-state index contributed by atoms with van der Waals surface area (Å²) in [5.41, 5.74) is 2.36. The van der Waals surface area contributed by atoms with E-state index in [0.29, 0.717) is 25.1 Å². The molecule has 0 spiro atoms. The molecule has 1 amide bonds. The predicted octanol–water partition coefficient (Wildman–Crippen LogP) is 2.33. The number of aryl methyl sites for hydroxylation is 2. The molecule has 0 radical (unpaired) electrons. The fourth-order valence-corrected chi connectivity index (χ4v) is 2.84. The molecule has 0 aromatic heterocycles. The van der Waals surface area contributed by atoms with Gasteiger partial charge in [0, 0.05) is 12.1 Å². The van der Waals surface area contributed by atoms with Crippen LogP contribution in [0.15, 0.2) is 18.2 Å². The molecule has 1 aliphatic rings. The molecule has 0 aliphatic carbocycles. The van der Waals surface area contributed by atoms with Crippen LogP contribution in [0.5, 0.6) is 5.75 Å². The summed E-state index contributed by atoms with van der Waals surface area (Å²) in [6.07, 6.45) is 2.42. The van der Waals surface area contributed by atoms with Crippen LogP contribution in [0.25, 0.3) is 0 Å². The maximum absolute atomic E-state index is 11.9. The Balaban J connectivity index is 1.71. The van der Waals surface area contributed by atoms with Crippen molar-refractivity contribution in [3.63, 3.8) is 0 Å². The highest BCUT2D eigenvalue weighted by Crippen LogP contribution is 2.16. The van der Waals surface area contributed by atoms with Gasteiger partial charge in [-0.3, -0.25) is 4.79 Å². The Morgan fingerprint density at radius 2 is 2.05 bits per heavy atom. The van der Waals surface area contributed by atoms with Crippen molar-refractivity contribution in [3.8, 4) is 5.75 Å². The monoisotopic (exact) mass is 290 g/mol. The van der Waals surface area contributed by atoms with Crippen LogP contribution in [0.1, 0.15) is 37.3 Å². The highest BCUT2D eigenvalue weighted by Gasteiger charge is 2.19. The molecule has 0 bridgehead atoms. The first-order valence-electron chi connectivity index (χ1n) is 7.77. The van der Waals surface area contributed by atoms with Crippen molar-refractivity contribution in [1.29, 1.82) is 0 Å². The van der Waals surface area contributed by atoms with Gasteiger partial charge in [0.2, 0.25) is 5.91 Å². The van der Waals surface area contributed by atoms with Crippen LogP contribution in [-0.2, 0) is 4.79 Å². The minimum absolute atomic E-state index is 0.0819. The fourth-order valence-electron chi connectivity index (χ4n) is 2.84. The lowest BCUT2D eigenvalue weighted by atomic mass is 10.0. The summed E-state index contributed by atoms with van der Waals surface area (Å²) in [5.74, 6) is 0.925. The zero-order chi connectivity index (χ0) is 15.2. The molecule has 1 aromatic rings. The summed E-state index contributed by atoms with van der Waals surface area (Å²) >= 11 is 0. The van der Waals surface area contributed by atoms with E-state index >= 15 is 0 Å². The van der Waals surface area contributed by atoms with Crippen LogP contribution in [0.2, 0.25) is 0 Å². The van der Waals surface area contributed by atoms with E-state index in [-0.39, 0.29) is 5.91 Å². The third kappa shape index (κ3) is 5.38. The van der Waals surface area contributed by atoms with E-state index < -0.39 is 0 Å². The number of amides is 1. The lowest BCUT2D eigenvalue weighted by Crippen LogP contribution is -2.46. The Kier molecular flexibility index (Phi) is 5.62. The number of nitrogens with one attached hydrogen (secondary N) is 2. The number of hydrogen-bond acceptors (Lipinski definition) is 3. The number of carbonyl (C=O) groups excluding carboxylic acids is 1. The first kappa shape index (κ1) is 15.8. The van der Waals surface area contributed by atoms with Crippen LogP contribution in [-0.4, -0.2) is 31.1 Å². The van der Waals surface area contributed by atoms with Gasteiger partial charge in [0.05, 0.1) is 13.0 Å². The number of ether oxygens (including phenoxy) is 1. The zero-order valence-corrected chi connectivity index (χ0v) is 13.2. The molecule has 1 aliphatic heterocycles. The zero-order valence-electron chi connectivity index (χ0n) is 13.2. The van der Waals surface area contributed by atoms with Crippen molar-refractivity contribution in [2.45, 2.75) is 52.1 Å². The molecule has 116 valence electrons. The first-order chi connectivity index (χ1) is 10.0. The molecule has 1 aromatic carbocycles. The first-order valence-corrected chi connectivity index (χ1v) is 7.77. The third-order valence-corrected chi connectivity index (χ3v) is 3.78. The molecule has 2 atom stereocenters. The Morgan fingerprint density at radius 1 is 1.33 bits per heavy atom. The summed E-state index contributed by atoms with van der Waals surface area (Å²) in [5, 5.41) is 6.48. The van der Waals surface area contributed by atoms with Gasteiger partial charge in [-0.15, -0.1) is 0 Å². The average Bonchev–Trinajstić information content (AvgIpc) is 2.37. The lowest BCUT2D eigenvalue weighted by Gasteiger charge is -2.28. The van der Waals surface area contributed by atoms with E-state index in [2.05, 4.69) is 23.6 Å². The van der Waals surface area contributed by atoms with Crippen molar-refractivity contribution in [2.24, 2.45) is 0 Å². The molecule has 1 heterocycles. The SMILES string of the molecule is Cc1cc(C)cc(OCCC(=O)NC2CCNC(C)C2)c1. The Bertz CT molecular complexity index is 467. The van der Waals surface area contributed by atoms with Gasteiger partial charge in [0.15, 0.2) is 0 Å². The van der Waals surface area contributed by atoms with Crippen molar-refractivity contribution >= 4 is 5.91 Å². The van der Waals surface area contributed by atoms with Crippen LogP contribution in [0.3, 0.4) is 0 Å². The summed E-state index contributed by atoms with van der Waals surface area (Å²) < 4.78 is 5.68. The highest BCUT2D eigenvalue weighted by molar-refractivity contribution is 5.76. The van der Waals surface area contributed by atoms with Gasteiger partial charge in [-0.05, 0) is 63.4 Å². The van der Waals surface area contributed by atoms with Gasteiger partial charge in [-0.2, -0.15) is 0 Å². The van der Waals surface area contributed by atoms with Gasteiger partial charge in [-0.1, -0.05) is 6.07 Å². The van der Waals surface area contributed by atoms with Crippen molar-refractivity contribution in [3.05, 3.63) is 29.3 Å². The van der Waals surface area contributed by atoms with Gasteiger partial charge in [0.1, 0.15) is 5.75 Å². The molecule has 2 unspecified atom stereocenters. The second-order valence-electron chi connectivity index (χ2n) is 6.07. The van der Waals surface area contributed by atoms with E-state index in [9.17, 15) is 4.79 Å². The smallest absolute Gasteiger partial charge is 0.223 e. The van der Waals surface area contributed by atoms with E-state index in [1.165, 1.54) is 11.1 Å². The molecule has 2 N–H and O–H groups in total. The molecular weight excluding hydrogens is 264 g/mol. The second kappa shape index (κ2) is 7.46. The van der Waals surface area contributed by atoms with Crippen LogP contribution >= 0.6 is 0 Å². The van der Waals surface area contributed by atoms with Crippen LogP contribution in [0, 0.1) is 13.8 Å². The van der Waals surface area contributed by atoms with E-state index in [1.54, 1.807) is 0 Å².